The Labute approximate surface area is 182 Å². The van der Waals surface area contributed by atoms with E-state index >= 15 is 0 Å². The quantitative estimate of drug-likeness (QED) is 0.348. The Bertz CT molecular complexity index is 737. The van der Waals surface area contributed by atoms with Gasteiger partial charge in [0.2, 0.25) is 0 Å². The summed E-state index contributed by atoms with van der Waals surface area (Å²) in [5.41, 5.74) is 2.93. The standard InChI is InChI=1S/C26H39N3O/c1-4-22(23-9-6-5-7-10-23)16-24(27)11-8-12-28-25(30)29-26(3)17-20-13-19(2)14-21(15-20)18-26/h5-7,9-10,16,19-21,27H,4,8,11-15,17-18H2,1-3H3,(H2,28,29,30)/b22-16+,27-24?. The minimum Gasteiger partial charge on any atom is -0.338 e. The highest BCUT2D eigenvalue weighted by Crippen LogP contribution is 2.46. The molecule has 0 saturated heterocycles. The molecule has 4 nitrogen and oxygen atoms in total. The number of amides is 2. The summed E-state index contributed by atoms with van der Waals surface area (Å²) in [7, 11) is 0. The van der Waals surface area contributed by atoms with Gasteiger partial charge in [0, 0.05) is 17.8 Å². The van der Waals surface area contributed by atoms with Crippen LogP contribution in [0.1, 0.15) is 77.7 Å². The zero-order chi connectivity index (χ0) is 21.6. The highest BCUT2D eigenvalue weighted by atomic mass is 16.2. The van der Waals surface area contributed by atoms with Crippen LogP contribution >= 0.6 is 0 Å². The minimum atomic E-state index is -0.0705. The van der Waals surface area contributed by atoms with Gasteiger partial charge in [0.1, 0.15) is 0 Å². The Kier molecular flexibility index (Phi) is 7.74. The van der Waals surface area contributed by atoms with E-state index in [2.05, 4.69) is 43.5 Å². The van der Waals surface area contributed by atoms with Gasteiger partial charge in [-0.3, -0.25) is 0 Å². The summed E-state index contributed by atoms with van der Waals surface area (Å²) in [4.78, 5) is 12.5. The second-order valence-corrected chi connectivity index (χ2v) is 9.91. The maximum absolute atomic E-state index is 12.5. The third kappa shape index (κ3) is 6.45. The van der Waals surface area contributed by atoms with E-state index in [0.717, 1.165) is 43.4 Å². The zero-order valence-corrected chi connectivity index (χ0v) is 19.0. The Morgan fingerprint density at radius 2 is 1.83 bits per heavy atom. The van der Waals surface area contributed by atoms with Crippen LogP contribution in [-0.2, 0) is 0 Å². The molecule has 0 aromatic heterocycles. The summed E-state index contributed by atoms with van der Waals surface area (Å²) < 4.78 is 0. The number of fused-ring (bicyclic) bond motifs is 2. The molecule has 2 unspecified atom stereocenters. The average molecular weight is 410 g/mol. The summed E-state index contributed by atoms with van der Waals surface area (Å²) in [6.07, 6.45) is 10.5. The molecule has 0 radical (unpaired) electrons. The molecule has 0 heterocycles. The first kappa shape index (κ1) is 22.6. The van der Waals surface area contributed by atoms with Gasteiger partial charge >= 0.3 is 6.03 Å². The van der Waals surface area contributed by atoms with Gasteiger partial charge < -0.3 is 16.0 Å². The first-order valence-corrected chi connectivity index (χ1v) is 11.8. The lowest BCUT2D eigenvalue weighted by Gasteiger charge is -2.47. The third-order valence-electron chi connectivity index (χ3n) is 6.81. The average Bonchev–Trinajstić information content (AvgIpc) is 2.68. The van der Waals surface area contributed by atoms with Crippen LogP contribution in [0.15, 0.2) is 36.4 Å². The fourth-order valence-electron chi connectivity index (χ4n) is 5.81. The van der Waals surface area contributed by atoms with Crippen LogP contribution in [0.25, 0.3) is 5.57 Å². The van der Waals surface area contributed by atoms with Crippen molar-refractivity contribution in [2.24, 2.45) is 17.8 Å². The second kappa shape index (κ2) is 10.3. The molecule has 2 amide bonds. The van der Waals surface area contributed by atoms with E-state index < -0.39 is 0 Å². The van der Waals surface area contributed by atoms with Crippen molar-refractivity contribution in [1.82, 2.24) is 10.6 Å². The molecule has 2 atom stereocenters. The van der Waals surface area contributed by atoms with Crippen molar-refractivity contribution < 1.29 is 4.79 Å². The predicted molar refractivity (Wildman–Crippen MR) is 126 cm³/mol. The van der Waals surface area contributed by atoms with Gasteiger partial charge in [-0.15, -0.1) is 0 Å². The number of rotatable bonds is 8. The highest BCUT2D eigenvalue weighted by molar-refractivity contribution is 5.98. The van der Waals surface area contributed by atoms with Gasteiger partial charge in [0.15, 0.2) is 0 Å². The SMILES string of the molecule is CC/C(=C\C(=N)CCCNC(=O)NC1(C)CC2CC(C)CC(C2)C1)c1ccccc1. The predicted octanol–water partition coefficient (Wildman–Crippen LogP) is 6.18. The molecule has 2 saturated carbocycles. The van der Waals surface area contributed by atoms with E-state index in [-0.39, 0.29) is 11.6 Å². The normalized spacial score (nSPS) is 28.6. The molecule has 164 valence electrons. The molecular weight excluding hydrogens is 370 g/mol. The van der Waals surface area contributed by atoms with Crippen molar-refractivity contribution in [3.8, 4) is 0 Å². The molecule has 0 spiro atoms. The van der Waals surface area contributed by atoms with Gasteiger partial charge in [-0.25, -0.2) is 4.79 Å². The summed E-state index contributed by atoms with van der Waals surface area (Å²) in [5.74, 6) is 2.37. The Hall–Kier alpha value is -2.10. The van der Waals surface area contributed by atoms with Crippen molar-refractivity contribution in [3.05, 3.63) is 42.0 Å². The number of hydrogen-bond donors (Lipinski definition) is 3. The number of nitrogens with one attached hydrogen (secondary N) is 3. The fraction of sp³-hybridized carbons (Fsp3) is 0.615. The van der Waals surface area contributed by atoms with Crippen molar-refractivity contribution in [3.63, 3.8) is 0 Å². The van der Waals surface area contributed by atoms with E-state index in [9.17, 15) is 4.79 Å². The number of benzene rings is 1. The molecule has 30 heavy (non-hydrogen) atoms. The van der Waals surface area contributed by atoms with Crippen LogP contribution in [-0.4, -0.2) is 23.8 Å². The number of carbonyl (C=O) groups is 1. The number of urea groups is 1. The molecule has 0 aliphatic heterocycles. The van der Waals surface area contributed by atoms with E-state index in [0.29, 0.717) is 18.7 Å². The van der Waals surface area contributed by atoms with E-state index in [1.165, 1.54) is 30.4 Å². The molecule has 1 aromatic rings. The molecule has 3 N–H and O–H groups in total. The molecule has 1 aromatic carbocycles. The Morgan fingerprint density at radius 1 is 1.17 bits per heavy atom. The summed E-state index contributed by atoms with van der Waals surface area (Å²) in [6, 6.07) is 10.2. The smallest absolute Gasteiger partial charge is 0.315 e. The maximum Gasteiger partial charge on any atom is 0.315 e. The van der Waals surface area contributed by atoms with Gasteiger partial charge in [-0.05, 0) is 93.3 Å². The monoisotopic (exact) mass is 409 g/mol. The topological polar surface area (TPSA) is 65.0 Å². The van der Waals surface area contributed by atoms with Crippen LogP contribution in [0.3, 0.4) is 0 Å². The molecule has 2 bridgehead atoms. The van der Waals surface area contributed by atoms with E-state index in [1.807, 2.05) is 24.3 Å². The third-order valence-corrected chi connectivity index (χ3v) is 6.81. The van der Waals surface area contributed by atoms with E-state index in [4.69, 9.17) is 5.41 Å². The summed E-state index contributed by atoms with van der Waals surface area (Å²) in [6.45, 7) is 7.32. The van der Waals surface area contributed by atoms with Gasteiger partial charge in [-0.1, -0.05) is 44.2 Å². The van der Waals surface area contributed by atoms with Crippen LogP contribution in [0.4, 0.5) is 4.79 Å². The number of hydrogen-bond acceptors (Lipinski definition) is 2. The van der Waals surface area contributed by atoms with Gasteiger partial charge in [-0.2, -0.15) is 0 Å². The molecule has 2 aliphatic carbocycles. The Balaban J connectivity index is 1.39. The highest BCUT2D eigenvalue weighted by Gasteiger charge is 2.41. The fourth-order valence-corrected chi connectivity index (χ4v) is 5.81. The first-order valence-electron chi connectivity index (χ1n) is 11.8. The maximum atomic E-state index is 12.5. The largest absolute Gasteiger partial charge is 0.338 e. The number of allylic oxidation sites excluding steroid dienone is 2. The van der Waals surface area contributed by atoms with Crippen molar-refractivity contribution in [1.29, 1.82) is 5.41 Å². The minimum absolute atomic E-state index is 0.0499. The van der Waals surface area contributed by atoms with Crippen molar-refractivity contribution in [2.75, 3.05) is 6.54 Å². The van der Waals surface area contributed by atoms with Crippen LogP contribution in [0.5, 0.6) is 0 Å². The first-order chi connectivity index (χ1) is 14.4. The number of carbonyl (C=O) groups excluding carboxylic acids is 1. The van der Waals surface area contributed by atoms with Crippen LogP contribution < -0.4 is 10.6 Å². The molecule has 2 fully saturated rings. The lowest BCUT2D eigenvalue weighted by Crippen LogP contribution is -2.55. The van der Waals surface area contributed by atoms with Crippen LogP contribution in [0, 0.1) is 23.2 Å². The Morgan fingerprint density at radius 3 is 2.47 bits per heavy atom. The molecule has 3 rings (SSSR count). The zero-order valence-electron chi connectivity index (χ0n) is 19.0. The molecular formula is C26H39N3O. The van der Waals surface area contributed by atoms with Gasteiger partial charge in [0.25, 0.3) is 0 Å². The lowest BCUT2D eigenvalue weighted by atomic mass is 9.63. The molecule has 4 heteroatoms. The summed E-state index contributed by atoms with van der Waals surface area (Å²) in [5, 5.41) is 14.6. The van der Waals surface area contributed by atoms with Gasteiger partial charge in [0.05, 0.1) is 0 Å². The van der Waals surface area contributed by atoms with Crippen molar-refractivity contribution >= 4 is 17.3 Å². The van der Waals surface area contributed by atoms with Crippen molar-refractivity contribution in [2.45, 2.75) is 77.7 Å². The summed E-state index contributed by atoms with van der Waals surface area (Å²) >= 11 is 0. The lowest BCUT2D eigenvalue weighted by molar-refractivity contribution is 0.0784. The second-order valence-electron chi connectivity index (χ2n) is 9.91. The van der Waals surface area contributed by atoms with E-state index in [1.54, 1.807) is 0 Å². The van der Waals surface area contributed by atoms with Crippen LogP contribution in [0.2, 0.25) is 0 Å². The molecule has 2 aliphatic rings.